The van der Waals surface area contributed by atoms with Gasteiger partial charge in [-0.2, -0.15) is 0 Å². The van der Waals surface area contributed by atoms with Gasteiger partial charge in [-0.25, -0.2) is 8.42 Å². The first kappa shape index (κ1) is 27.4. The molecule has 190 valence electrons. The highest BCUT2D eigenvalue weighted by atomic mass is 79.9. The van der Waals surface area contributed by atoms with Crippen LogP contribution in [0.15, 0.2) is 88.2 Å². The molecule has 36 heavy (non-hydrogen) atoms. The average molecular weight is 573 g/mol. The third kappa shape index (κ3) is 6.53. The molecular weight excluding hydrogens is 542 g/mol. The number of amides is 2. The van der Waals surface area contributed by atoms with Gasteiger partial charge in [-0.1, -0.05) is 70.9 Å². The van der Waals surface area contributed by atoms with Crippen LogP contribution < -0.4 is 9.62 Å². The number of likely N-dealkylation sites (N-methyl/N-ethyl adjacent to an activating group) is 1. The third-order valence-corrected chi connectivity index (χ3v) is 8.11. The van der Waals surface area contributed by atoms with Crippen LogP contribution in [0.2, 0.25) is 0 Å². The third-order valence-electron chi connectivity index (χ3n) is 5.79. The summed E-state index contributed by atoms with van der Waals surface area (Å²) in [5.74, 6) is -0.783. The highest BCUT2D eigenvalue weighted by molar-refractivity contribution is 9.10. The van der Waals surface area contributed by atoms with Gasteiger partial charge in [0.05, 0.1) is 10.6 Å². The first-order chi connectivity index (χ1) is 17.2. The van der Waals surface area contributed by atoms with Gasteiger partial charge in [-0.3, -0.25) is 13.9 Å². The molecule has 1 atom stereocenters. The van der Waals surface area contributed by atoms with Crippen molar-refractivity contribution < 1.29 is 18.0 Å². The van der Waals surface area contributed by atoms with Crippen molar-refractivity contribution in [2.45, 2.75) is 37.8 Å². The van der Waals surface area contributed by atoms with E-state index in [-0.39, 0.29) is 17.3 Å². The predicted octanol–water partition coefficient (Wildman–Crippen LogP) is 4.51. The van der Waals surface area contributed by atoms with E-state index in [9.17, 15) is 18.0 Å². The number of carbonyl (C=O) groups excluding carboxylic acids is 2. The number of aryl methyl sites for hydroxylation is 1. The molecule has 3 aromatic carbocycles. The number of anilines is 1. The summed E-state index contributed by atoms with van der Waals surface area (Å²) < 4.78 is 29.2. The lowest BCUT2D eigenvalue weighted by Crippen LogP contribution is -2.51. The summed E-state index contributed by atoms with van der Waals surface area (Å²) in [4.78, 5) is 28.1. The van der Waals surface area contributed by atoms with E-state index >= 15 is 0 Å². The summed E-state index contributed by atoms with van der Waals surface area (Å²) >= 11 is 3.37. The van der Waals surface area contributed by atoms with E-state index in [0.717, 1.165) is 19.9 Å². The quantitative estimate of drug-likeness (QED) is 0.388. The number of rotatable bonds is 10. The largest absolute Gasteiger partial charge is 0.357 e. The highest BCUT2D eigenvalue weighted by Gasteiger charge is 2.33. The van der Waals surface area contributed by atoms with Crippen molar-refractivity contribution in [3.05, 3.63) is 94.5 Å². The van der Waals surface area contributed by atoms with E-state index < -0.39 is 28.5 Å². The van der Waals surface area contributed by atoms with Crippen LogP contribution in [0.25, 0.3) is 0 Å². The summed E-state index contributed by atoms with van der Waals surface area (Å²) in [5, 5.41) is 2.63. The van der Waals surface area contributed by atoms with E-state index in [1.807, 2.05) is 38.1 Å². The van der Waals surface area contributed by atoms with Crippen LogP contribution in [-0.2, 0) is 26.2 Å². The van der Waals surface area contributed by atoms with Gasteiger partial charge in [0.25, 0.3) is 10.0 Å². The smallest absolute Gasteiger partial charge is 0.264 e. The van der Waals surface area contributed by atoms with E-state index in [1.165, 1.54) is 24.1 Å². The van der Waals surface area contributed by atoms with Crippen LogP contribution in [0.5, 0.6) is 0 Å². The number of nitrogens with one attached hydrogen (secondary N) is 1. The number of hydrogen-bond acceptors (Lipinski definition) is 4. The van der Waals surface area contributed by atoms with Crippen molar-refractivity contribution in [3.8, 4) is 0 Å². The molecule has 2 amide bonds. The molecule has 3 rings (SSSR count). The fraction of sp³-hybridized carbons (Fsp3) is 0.259. The monoisotopic (exact) mass is 571 g/mol. The molecule has 0 saturated heterocycles. The average Bonchev–Trinajstić information content (AvgIpc) is 2.88. The molecule has 0 aromatic heterocycles. The normalized spacial score (nSPS) is 12.0. The minimum Gasteiger partial charge on any atom is -0.357 e. The first-order valence-electron chi connectivity index (χ1n) is 11.6. The second-order valence-corrected chi connectivity index (χ2v) is 11.1. The fourth-order valence-electron chi connectivity index (χ4n) is 3.95. The van der Waals surface area contributed by atoms with Crippen molar-refractivity contribution in [2.24, 2.45) is 0 Å². The maximum absolute atomic E-state index is 13.8. The van der Waals surface area contributed by atoms with Gasteiger partial charge >= 0.3 is 0 Å². The van der Waals surface area contributed by atoms with Crippen LogP contribution in [0.4, 0.5) is 5.69 Å². The standard InChI is InChI=1S/C27H30BrN3O4S/c1-4-25(27(33)29-3)30(18-21-10-8-9-20(2)17-21)26(32)19-31(23-15-13-22(28)14-16-23)36(34,35)24-11-6-5-7-12-24/h5-17,25H,4,18-19H2,1-3H3,(H,29,33)/t25-/m1/s1. The van der Waals surface area contributed by atoms with Crippen molar-refractivity contribution in [1.82, 2.24) is 10.2 Å². The van der Waals surface area contributed by atoms with Crippen LogP contribution in [0.3, 0.4) is 0 Å². The summed E-state index contributed by atoms with van der Waals surface area (Å²) in [6, 6.07) is 21.6. The summed E-state index contributed by atoms with van der Waals surface area (Å²) in [6.07, 6.45) is 0.376. The molecule has 0 unspecified atom stereocenters. The first-order valence-corrected chi connectivity index (χ1v) is 13.8. The van der Waals surface area contributed by atoms with Gasteiger partial charge in [-0.05, 0) is 55.3 Å². The van der Waals surface area contributed by atoms with Crippen LogP contribution in [0, 0.1) is 6.92 Å². The maximum atomic E-state index is 13.8. The van der Waals surface area contributed by atoms with Gasteiger partial charge in [0, 0.05) is 18.1 Å². The lowest BCUT2D eigenvalue weighted by atomic mass is 10.1. The number of sulfonamides is 1. The Morgan fingerprint density at radius 2 is 1.64 bits per heavy atom. The Morgan fingerprint density at radius 3 is 2.22 bits per heavy atom. The maximum Gasteiger partial charge on any atom is 0.264 e. The van der Waals surface area contributed by atoms with Crippen molar-refractivity contribution in [3.63, 3.8) is 0 Å². The van der Waals surface area contributed by atoms with E-state index in [4.69, 9.17) is 0 Å². The molecule has 0 heterocycles. The summed E-state index contributed by atoms with van der Waals surface area (Å²) in [5.41, 5.74) is 2.22. The molecule has 1 N–H and O–H groups in total. The summed E-state index contributed by atoms with van der Waals surface area (Å²) in [6.45, 7) is 3.49. The minimum absolute atomic E-state index is 0.0734. The number of nitrogens with zero attached hydrogens (tertiary/aromatic N) is 2. The van der Waals surface area contributed by atoms with Gasteiger partial charge in [0.15, 0.2) is 0 Å². The van der Waals surface area contributed by atoms with Gasteiger partial charge in [0.1, 0.15) is 12.6 Å². The molecular formula is C27H30BrN3O4S. The van der Waals surface area contributed by atoms with Crippen molar-refractivity contribution in [2.75, 3.05) is 17.9 Å². The zero-order chi connectivity index (χ0) is 26.3. The Labute approximate surface area is 221 Å². The van der Waals surface area contributed by atoms with E-state index in [0.29, 0.717) is 12.1 Å². The minimum atomic E-state index is -4.06. The van der Waals surface area contributed by atoms with Gasteiger partial charge in [0.2, 0.25) is 11.8 Å². The summed E-state index contributed by atoms with van der Waals surface area (Å²) in [7, 11) is -2.54. The molecule has 0 radical (unpaired) electrons. The number of hydrogen-bond donors (Lipinski definition) is 1. The van der Waals surface area contributed by atoms with Gasteiger partial charge < -0.3 is 10.2 Å². The number of carbonyl (C=O) groups is 2. The Bertz CT molecular complexity index is 1300. The Balaban J connectivity index is 2.04. The zero-order valence-electron chi connectivity index (χ0n) is 20.5. The van der Waals surface area contributed by atoms with Crippen molar-refractivity contribution in [1.29, 1.82) is 0 Å². The lowest BCUT2D eigenvalue weighted by molar-refractivity contribution is -0.140. The second-order valence-electron chi connectivity index (χ2n) is 8.35. The fourth-order valence-corrected chi connectivity index (χ4v) is 5.65. The van der Waals surface area contributed by atoms with Crippen LogP contribution in [-0.4, -0.2) is 44.8 Å². The molecule has 0 bridgehead atoms. The molecule has 0 aliphatic rings. The molecule has 0 aliphatic heterocycles. The SMILES string of the molecule is CC[C@H](C(=O)NC)N(Cc1cccc(C)c1)C(=O)CN(c1ccc(Br)cc1)S(=O)(=O)c1ccccc1. The molecule has 9 heteroatoms. The van der Waals surface area contributed by atoms with Gasteiger partial charge in [-0.15, -0.1) is 0 Å². The number of benzene rings is 3. The second kappa shape index (κ2) is 12.2. The molecule has 7 nitrogen and oxygen atoms in total. The molecule has 0 fully saturated rings. The van der Waals surface area contributed by atoms with Crippen LogP contribution in [0.1, 0.15) is 24.5 Å². The van der Waals surface area contributed by atoms with E-state index in [1.54, 1.807) is 42.5 Å². The van der Waals surface area contributed by atoms with Crippen LogP contribution >= 0.6 is 15.9 Å². The Hall–Kier alpha value is -3.17. The van der Waals surface area contributed by atoms with E-state index in [2.05, 4.69) is 21.2 Å². The van der Waals surface area contributed by atoms with Crippen molar-refractivity contribution >= 4 is 43.5 Å². The number of halogens is 1. The molecule has 0 saturated carbocycles. The topological polar surface area (TPSA) is 86.8 Å². The molecule has 0 spiro atoms. The Morgan fingerprint density at radius 1 is 0.972 bits per heavy atom. The molecule has 3 aromatic rings. The Kier molecular flexibility index (Phi) is 9.28. The zero-order valence-corrected chi connectivity index (χ0v) is 22.9. The predicted molar refractivity (Wildman–Crippen MR) is 145 cm³/mol. The lowest BCUT2D eigenvalue weighted by Gasteiger charge is -2.33. The molecule has 0 aliphatic carbocycles. The highest BCUT2D eigenvalue weighted by Crippen LogP contribution is 2.26.